The molecular formula is C14H17BrN2O2S. The second-order valence-corrected chi connectivity index (χ2v) is 6.33. The first-order chi connectivity index (χ1) is 9.58. The number of thiophene rings is 1. The van der Waals surface area contributed by atoms with E-state index >= 15 is 0 Å². The van der Waals surface area contributed by atoms with Gasteiger partial charge in [-0.25, -0.2) is 0 Å². The Kier molecular flexibility index (Phi) is 5.01. The zero-order valence-electron chi connectivity index (χ0n) is 11.5. The van der Waals surface area contributed by atoms with Gasteiger partial charge in [-0.3, -0.25) is 4.79 Å². The molecule has 0 fully saturated rings. The number of hydrogen-bond donors (Lipinski definition) is 1. The topological polar surface area (TPSA) is 55.6 Å². The molecule has 2 rings (SSSR count). The van der Waals surface area contributed by atoms with E-state index in [0.29, 0.717) is 30.3 Å². The number of nitrogens with zero attached hydrogens (tertiary/aromatic N) is 1. The van der Waals surface area contributed by atoms with Gasteiger partial charge in [-0.15, -0.1) is 11.3 Å². The molecule has 0 saturated heterocycles. The first-order valence-corrected chi connectivity index (χ1v) is 7.95. The van der Waals surface area contributed by atoms with E-state index in [1.165, 1.54) is 11.3 Å². The summed E-state index contributed by atoms with van der Waals surface area (Å²) >= 11 is 4.87. The maximum atomic E-state index is 12.5. The molecule has 0 atom stereocenters. The Morgan fingerprint density at radius 3 is 2.90 bits per heavy atom. The van der Waals surface area contributed by atoms with Crippen molar-refractivity contribution in [1.29, 1.82) is 0 Å². The van der Waals surface area contributed by atoms with E-state index in [1.807, 2.05) is 25.1 Å². The summed E-state index contributed by atoms with van der Waals surface area (Å²) in [5, 5.41) is 0.935. The van der Waals surface area contributed by atoms with Crippen LogP contribution in [0.25, 0.3) is 10.1 Å². The fourth-order valence-corrected chi connectivity index (χ4v) is 3.64. The maximum absolute atomic E-state index is 12.5. The quantitative estimate of drug-likeness (QED) is 0.893. The summed E-state index contributed by atoms with van der Waals surface area (Å²) in [7, 11) is 1.63. The number of rotatable bonds is 5. The molecule has 1 aromatic heterocycles. The van der Waals surface area contributed by atoms with Crippen LogP contribution in [0.1, 0.15) is 16.6 Å². The second-order valence-electron chi connectivity index (χ2n) is 4.36. The van der Waals surface area contributed by atoms with Crippen molar-refractivity contribution in [2.45, 2.75) is 6.92 Å². The van der Waals surface area contributed by atoms with Crippen LogP contribution < -0.4 is 5.73 Å². The van der Waals surface area contributed by atoms with E-state index in [9.17, 15) is 4.79 Å². The monoisotopic (exact) mass is 356 g/mol. The van der Waals surface area contributed by atoms with Crippen LogP contribution >= 0.6 is 27.3 Å². The summed E-state index contributed by atoms with van der Waals surface area (Å²) in [5.74, 6) is -0.0284. The highest BCUT2D eigenvalue weighted by Crippen LogP contribution is 2.35. The molecule has 2 N–H and O–H groups in total. The zero-order chi connectivity index (χ0) is 14.7. The Morgan fingerprint density at radius 1 is 1.50 bits per heavy atom. The molecule has 0 unspecified atom stereocenters. The van der Waals surface area contributed by atoms with E-state index in [1.54, 1.807) is 12.0 Å². The van der Waals surface area contributed by atoms with Crippen molar-refractivity contribution in [3.05, 3.63) is 27.5 Å². The third-order valence-corrected chi connectivity index (χ3v) is 4.77. The normalized spacial score (nSPS) is 10.9. The lowest BCUT2D eigenvalue weighted by Gasteiger charge is -2.19. The van der Waals surface area contributed by atoms with Crippen LogP contribution in [0.5, 0.6) is 0 Å². The average Bonchev–Trinajstić information content (AvgIpc) is 2.76. The minimum absolute atomic E-state index is 0.0284. The summed E-state index contributed by atoms with van der Waals surface area (Å²) in [4.78, 5) is 14.9. The Morgan fingerprint density at radius 2 is 2.25 bits per heavy atom. The molecule has 0 aliphatic heterocycles. The van der Waals surface area contributed by atoms with Gasteiger partial charge in [-0.2, -0.15) is 0 Å². The average molecular weight is 357 g/mol. The van der Waals surface area contributed by atoms with E-state index < -0.39 is 0 Å². The predicted octanol–water partition coefficient (Wildman–Crippen LogP) is 3.35. The Labute approximate surface area is 130 Å². The highest BCUT2D eigenvalue weighted by atomic mass is 79.9. The number of ether oxygens (including phenoxy) is 1. The number of methoxy groups -OCH3 is 1. The van der Waals surface area contributed by atoms with Crippen LogP contribution in [0.15, 0.2) is 22.7 Å². The molecule has 1 amide bonds. The number of benzene rings is 1. The van der Waals surface area contributed by atoms with Crippen LogP contribution in [0.3, 0.4) is 0 Å². The van der Waals surface area contributed by atoms with Crippen LogP contribution in [0.2, 0.25) is 0 Å². The van der Waals surface area contributed by atoms with Crippen molar-refractivity contribution in [3.8, 4) is 0 Å². The largest absolute Gasteiger partial charge is 0.397 e. The molecule has 0 radical (unpaired) electrons. The Bertz CT molecular complexity index is 627. The number of hydrogen-bond acceptors (Lipinski definition) is 4. The number of likely N-dealkylation sites (N-methyl/N-ethyl adjacent to an activating group) is 1. The molecule has 0 aliphatic rings. The van der Waals surface area contributed by atoms with Gasteiger partial charge < -0.3 is 15.4 Å². The molecule has 1 heterocycles. The summed E-state index contributed by atoms with van der Waals surface area (Å²) in [6.45, 7) is 3.69. The fraction of sp³-hybridized carbons (Fsp3) is 0.357. The number of halogens is 1. The predicted molar refractivity (Wildman–Crippen MR) is 87.4 cm³/mol. The lowest BCUT2D eigenvalue weighted by atomic mass is 10.2. The van der Waals surface area contributed by atoms with Crippen LogP contribution in [0, 0.1) is 0 Å². The van der Waals surface area contributed by atoms with Crippen molar-refractivity contribution in [2.75, 3.05) is 32.5 Å². The number of nitrogen functional groups attached to an aromatic ring is 1. The van der Waals surface area contributed by atoms with Crippen LogP contribution in [-0.2, 0) is 4.74 Å². The minimum atomic E-state index is -0.0284. The molecular weight excluding hydrogens is 340 g/mol. The fourth-order valence-electron chi connectivity index (χ4n) is 2.00. The SMILES string of the molecule is CCN(CCOC)C(=O)c1sc2cc(Br)ccc2c1N. The first kappa shape index (κ1) is 15.3. The molecule has 0 spiro atoms. The Balaban J connectivity index is 2.36. The highest BCUT2D eigenvalue weighted by molar-refractivity contribution is 9.10. The number of nitrogens with two attached hydrogens (primary N) is 1. The molecule has 108 valence electrons. The van der Waals surface area contributed by atoms with E-state index in [0.717, 1.165) is 14.6 Å². The molecule has 0 saturated carbocycles. The second kappa shape index (κ2) is 6.56. The summed E-state index contributed by atoms with van der Waals surface area (Å²) < 4.78 is 7.04. The van der Waals surface area contributed by atoms with Crippen molar-refractivity contribution < 1.29 is 9.53 Å². The minimum Gasteiger partial charge on any atom is -0.397 e. The molecule has 0 aliphatic carbocycles. The molecule has 1 aromatic carbocycles. The number of fused-ring (bicyclic) bond motifs is 1. The van der Waals surface area contributed by atoms with E-state index in [2.05, 4.69) is 15.9 Å². The van der Waals surface area contributed by atoms with Gasteiger partial charge in [-0.05, 0) is 19.1 Å². The van der Waals surface area contributed by atoms with Crippen molar-refractivity contribution in [1.82, 2.24) is 4.90 Å². The third-order valence-electron chi connectivity index (χ3n) is 3.12. The van der Waals surface area contributed by atoms with Gasteiger partial charge in [0.2, 0.25) is 0 Å². The first-order valence-electron chi connectivity index (χ1n) is 6.34. The van der Waals surface area contributed by atoms with Crippen LogP contribution in [-0.4, -0.2) is 37.6 Å². The van der Waals surface area contributed by atoms with Crippen molar-refractivity contribution >= 4 is 48.9 Å². The molecule has 2 aromatic rings. The van der Waals surface area contributed by atoms with Gasteiger partial charge in [-0.1, -0.05) is 22.0 Å². The molecule has 0 bridgehead atoms. The van der Waals surface area contributed by atoms with Gasteiger partial charge in [0.25, 0.3) is 5.91 Å². The van der Waals surface area contributed by atoms with Gasteiger partial charge in [0.05, 0.1) is 12.3 Å². The van der Waals surface area contributed by atoms with E-state index in [-0.39, 0.29) is 5.91 Å². The summed E-state index contributed by atoms with van der Waals surface area (Å²) in [6, 6.07) is 5.86. The number of amides is 1. The summed E-state index contributed by atoms with van der Waals surface area (Å²) in [6.07, 6.45) is 0. The molecule has 6 heteroatoms. The van der Waals surface area contributed by atoms with Gasteiger partial charge in [0, 0.05) is 34.8 Å². The third kappa shape index (κ3) is 2.97. The zero-order valence-corrected chi connectivity index (χ0v) is 13.9. The Hall–Kier alpha value is -1.11. The van der Waals surface area contributed by atoms with Gasteiger partial charge >= 0.3 is 0 Å². The number of carbonyl (C=O) groups is 1. The smallest absolute Gasteiger partial charge is 0.266 e. The highest BCUT2D eigenvalue weighted by Gasteiger charge is 2.21. The lowest BCUT2D eigenvalue weighted by Crippen LogP contribution is -2.33. The standard InChI is InChI=1S/C14H17BrN2O2S/c1-3-17(6-7-19-2)14(18)13-12(16)10-5-4-9(15)8-11(10)20-13/h4-5,8H,3,6-7,16H2,1-2H3. The lowest BCUT2D eigenvalue weighted by molar-refractivity contribution is 0.0712. The maximum Gasteiger partial charge on any atom is 0.266 e. The number of anilines is 1. The van der Waals surface area contributed by atoms with E-state index in [4.69, 9.17) is 10.5 Å². The molecule has 20 heavy (non-hydrogen) atoms. The van der Waals surface area contributed by atoms with Crippen molar-refractivity contribution in [2.24, 2.45) is 0 Å². The van der Waals surface area contributed by atoms with Gasteiger partial charge in [0.15, 0.2) is 0 Å². The number of carbonyl (C=O) groups excluding carboxylic acids is 1. The van der Waals surface area contributed by atoms with Crippen LogP contribution in [0.4, 0.5) is 5.69 Å². The summed E-state index contributed by atoms with van der Waals surface area (Å²) in [5.41, 5.74) is 6.70. The van der Waals surface area contributed by atoms with Crippen molar-refractivity contribution in [3.63, 3.8) is 0 Å². The molecule has 4 nitrogen and oxygen atoms in total. The van der Waals surface area contributed by atoms with Gasteiger partial charge in [0.1, 0.15) is 4.88 Å².